The fourth-order valence-corrected chi connectivity index (χ4v) is 4.13. The van der Waals surface area contributed by atoms with E-state index in [-0.39, 0.29) is 47.7 Å². The Morgan fingerprint density at radius 3 is 2.39 bits per heavy atom. The summed E-state index contributed by atoms with van der Waals surface area (Å²) in [5, 5.41) is 12.8. The number of rotatable bonds is 10. The number of halogens is 2. The van der Waals surface area contributed by atoms with Crippen molar-refractivity contribution < 1.29 is 40.9 Å². The number of hydrogen-bond acceptors (Lipinski definition) is 7. The van der Waals surface area contributed by atoms with E-state index < -0.39 is 33.4 Å². The molecule has 0 unspecified atom stereocenters. The lowest BCUT2D eigenvalue weighted by Crippen LogP contribution is -2.38. The van der Waals surface area contributed by atoms with Gasteiger partial charge in [-0.2, -0.15) is 0 Å². The largest absolute Gasteiger partial charge is 0.616 e. The Morgan fingerprint density at radius 2 is 1.76 bits per heavy atom. The van der Waals surface area contributed by atoms with Crippen LogP contribution in [-0.2, 0) is 14.8 Å². The Kier molecular flexibility index (Phi) is 9.64. The molecule has 41 heavy (non-hydrogen) atoms. The maximum atomic E-state index is 14.4. The fourth-order valence-electron chi connectivity index (χ4n) is 3.50. The molecule has 0 fully saturated rings. The number of pyridine rings is 1. The molecule has 0 saturated carbocycles. The summed E-state index contributed by atoms with van der Waals surface area (Å²) in [5.74, 6) is -2.14. The number of carbonyl (C=O) groups excluding carboxylic acids is 1. The second kappa shape index (κ2) is 12.6. The Labute approximate surface area is 238 Å². The molecular weight excluding hydrogens is 560 g/mol. The summed E-state index contributed by atoms with van der Waals surface area (Å²) in [6.45, 7) is 8.33. The van der Waals surface area contributed by atoms with Crippen molar-refractivity contribution in [2.24, 2.45) is 0 Å². The van der Waals surface area contributed by atoms with E-state index in [2.05, 4.69) is 4.72 Å². The van der Waals surface area contributed by atoms with E-state index in [9.17, 15) is 27.2 Å². The summed E-state index contributed by atoms with van der Waals surface area (Å²) in [6.07, 6.45) is -0.554. The van der Waals surface area contributed by atoms with Crippen LogP contribution in [0.15, 0.2) is 48.5 Å². The standard InChI is InChI=1S/C28H33F2N3O7S/c1-7-41(36,37)31-21-9-11-24(39-25-10-8-20(29)16-23(25)30)22(17-21)19-14-18(2)33(35)26(15-19)38-13-12-32(6)27(34)40-28(3,4)5/h8-11,14-17,31H,7,12-13H2,1-6H3. The third kappa shape index (κ3) is 8.68. The Bertz CT molecular complexity index is 1530. The van der Waals surface area contributed by atoms with Crippen LogP contribution in [0.4, 0.5) is 19.3 Å². The van der Waals surface area contributed by atoms with Gasteiger partial charge >= 0.3 is 12.0 Å². The highest BCUT2D eigenvalue weighted by atomic mass is 32.2. The number of anilines is 1. The number of aromatic nitrogens is 1. The minimum Gasteiger partial charge on any atom is -0.616 e. The van der Waals surface area contributed by atoms with Crippen molar-refractivity contribution >= 4 is 21.8 Å². The van der Waals surface area contributed by atoms with Gasteiger partial charge < -0.3 is 24.3 Å². The first kappa shape index (κ1) is 31.4. The van der Waals surface area contributed by atoms with E-state index in [0.29, 0.717) is 21.9 Å². The van der Waals surface area contributed by atoms with Gasteiger partial charge in [0.15, 0.2) is 17.3 Å². The number of nitrogens with zero attached hydrogens (tertiary/aromatic N) is 2. The zero-order valence-corrected chi connectivity index (χ0v) is 24.5. The van der Waals surface area contributed by atoms with Crippen molar-refractivity contribution in [1.29, 1.82) is 0 Å². The molecule has 0 radical (unpaired) electrons. The topological polar surface area (TPSA) is 121 Å². The van der Waals surface area contributed by atoms with Crippen molar-refractivity contribution in [2.75, 3.05) is 30.7 Å². The monoisotopic (exact) mass is 593 g/mol. The predicted molar refractivity (Wildman–Crippen MR) is 149 cm³/mol. The molecule has 1 N–H and O–H groups in total. The summed E-state index contributed by atoms with van der Waals surface area (Å²) >= 11 is 0. The average Bonchev–Trinajstić information content (AvgIpc) is 2.87. The van der Waals surface area contributed by atoms with Crippen molar-refractivity contribution in [2.45, 2.75) is 40.2 Å². The highest BCUT2D eigenvalue weighted by molar-refractivity contribution is 7.92. The molecule has 1 aromatic heterocycles. The fraction of sp³-hybridized carbons (Fsp3) is 0.357. The Balaban J connectivity index is 1.97. The number of sulfonamides is 1. The number of likely N-dealkylation sites (N-methyl/N-ethyl adjacent to an activating group) is 1. The first-order chi connectivity index (χ1) is 19.1. The number of aryl methyl sites for hydroxylation is 1. The highest BCUT2D eigenvalue weighted by Gasteiger charge is 2.22. The molecule has 0 spiro atoms. The van der Waals surface area contributed by atoms with Crippen LogP contribution in [0.2, 0.25) is 0 Å². The molecule has 0 aliphatic carbocycles. The van der Waals surface area contributed by atoms with Crippen molar-refractivity contribution in [3.63, 3.8) is 0 Å². The molecule has 3 rings (SSSR count). The molecular formula is C28H33F2N3O7S. The molecule has 1 heterocycles. The van der Waals surface area contributed by atoms with Gasteiger partial charge in [-0.25, -0.2) is 22.0 Å². The molecule has 2 aromatic carbocycles. The minimum atomic E-state index is -3.63. The molecule has 0 aliphatic rings. The highest BCUT2D eigenvalue weighted by Crippen LogP contribution is 2.37. The van der Waals surface area contributed by atoms with E-state index >= 15 is 0 Å². The van der Waals surface area contributed by atoms with E-state index in [1.54, 1.807) is 27.7 Å². The molecule has 13 heteroatoms. The number of ether oxygens (including phenoxy) is 3. The van der Waals surface area contributed by atoms with E-state index in [4.69, 9.17) is 14.2 Å². The molecule has 0 aliphatic heterocycles. The summed E-state index contributed by atoms with van der Waals surface area (Å²) in [4.78, 5) is 13.5. The van der Waals surface area contributed by atoms with Crippen molar-refractivity contribution in [1.82, 2.24) is 4.90 Å². The van der Waals surface area contributed by atoms with Gasteiger partial charge in [-0.15, -0.1) is 4.73 Å². The van der Waals surface area contributed by atoms with Crippen LogP contribution in [0.5, 0.6) is 17.4 Å². The van der Waals surface area contributed by atoms with Gasteiger partial charge in [0.2, 0.25) is 10.0 Å². The number of nitrogens with one attached hydrogen (secondary N) is 1. The van der Waals surface area contributed by atoms with Crippen LogP contribution in [0.25, 0.3) is 11.1 Å². The second-order valence-corrected chi connectivity index (χ2v) is 12.2. The van der Waals surface area contributed by atoms with Crippen molar-refractivity contribution in [3.8, 4) is 28.5 Å². The smallest absolute Gasteiger partial charge is 0.410 e. The van der Waals surface area contributed by atoms with Crippen LogP contribution >= 0.6 is 0 Å². The Morgan fingerprint density at radius 1 is 1.07 bits per heavy atom. The lowest BCUT2D eigenvalue weighted by Gasteiger charge is -2.24. The van der Waals surface area contributed by atoms with Crippen LogP contribution < -0.4 is 18.9 Å². The molecule has 1 amide bonds. The predicted octanol–water partition coefficient (Wildman–Crippen LogP) is 5.37. The molecule has 0 saturated heterocycles. The summed E-state index contributed by atoms with van der Waals surface area (Å²) in [7, 11) is -2.10. The van der Waals surface area contributed by atoms with Gasteiger partial charge in [0.1, 0.15) is 23.8 Å². The number of benzene rings is 2. The van der Waals surface area contributed by atoms with Gasteiger partial charge in [-0.3, -0.25) is 4.72 Å². The normalized spacial score (nSPS) is 11.6. The zero-order valence-electron chi connectivity index (χ0n) is 23.7. The Hall–Kier alpha value is -4.13. The maximum absolute atomic E-state index is 14.4. The van der Waals surface area contributed by atoms with Gasteiger partial charge in [0.25, 0.3) is 0 Å². The molecule has 222 valence electrons. The first-order valence-electron chi connectivity index (χ1n) is 12.7. The SMILES string of the molecule is CCS(=O)(=O)Nc1ccc(Oc2ccc(F)cc2F)c(-c2cc(C)[n+]([O-])c(OCCN(C)C(=O)OC(C)(C)C)c2)c1. The minimum absolute atomic E-state index is 0.0403. The number of carbonyl (C=O) groups is 1. The van der Waals surface area contributed by atoms with Gasteiger partial charge in [0.05, 0.1) is 18.4 Å². The maximum Gasteiger partial charge on any atom is 0.410 e. The quantitative estimate of drug-likeness (QED) is 0.248. The van der Waals surface area contributed by atoms with Gasteiger partial charge in [0, 0.05) is 42.9 Å². The summed E-state index contributed by atoms with van der Waals surface area (Å²) < 4.78 is 72.0. The van der Waals surface area contributed by atoms with Crippen LogP contribution in [0.1, 0.15) is 33.4 Å². The molecule has 0 atom stereocenters. The van der Waals surface area contributed by atoms with Crippen LogP contribution in [0, 0.1) is 23.8 Å². The van der Waals surface area contributed by atoms with Gasteiger partial charge in [-0.05, 0) is 58.0 Å². The molecule has 0 bridgehead atoms. The van der Waals surface area contributed by atoms with Gasteiger partial charge in [-0.1, -0.05) is 0 Å². The second-order valence-electron chi connectivity index (χ2n) is 10.2. The van der Waals surface area contributed by atoms with E-state index in [0.717, 1.165) is 12.1 Å². The summed E-state index contributed by atoms with van der Waals surface area (Å²) in [5.41, 5.74) is 0.444. The van der Waals surface area contributed by atoms with Crippen LogP contribution in [-0.4, -0.2) is 51.0 Å². The molecule has 10 nitrogen and oxygen atoms in total. The van der Waals surface area contributed by atoms with Crippen molar-refractivity contribution in [3.05, 3.63) is 71.1 Å². The third-order valence-electron chi connectivity index (χ3n) is 5.60. The number of hydrogen-bond donors (Lipinski definition) is 1. The number of amides is 1. The zero-order chi connectivity index (χ0) is 30.5. The molecule has 3 aromatic rings. The van der Waals surface area contributed by atoms with Crippen LogP contribution in [0.3, 0.4) is 0 Å². The van der Waals surface area contributed by atoms with E-state index in [1.165, 1.54) is 49.2 Å². The lowest BCUT2D eigenvalue weighted by atomic mass is 10.0. The van der Waals surface area contributed by atoms with E-state index in [1.807, 2.05) is 0 Å². The third-order valence-corrected chi connectivity index (χ3v) is 6.91. The average molecular weight is 594 g/mol. The lowest BCUT2D eigenvalue weighted by molar-refractivity contribution is -0.619. The first-order valence-corrected chi connectivity index (χ1v) is 14.3. The summed E-state index contributed by atoms with van der Waals surface area (Å²) in [6, 6.07) is 10.1.